The standard InChI is InChI=1S/C32H37F3N7O4/c1-21-27(29(44)46-5)28(23-13-11-22(18-36)12-14-23)41-30(40(21)25-10-8-9-24(17-25)32(33,34)35)38-39(31(41)45)20-26(43)19-37-15-6-7-16-42(2,3)4/h8-14,17,28,37H,6-7,15-16,19-20H2,1-5H3/q+1. The van der Waals surface area contributed by atoms with Gasteiger partial charge >= 0.3 is 17.8 Å². The van der Waals surface area contributed by atoms with Gasteiger partial charge in [0.25, 0.3) is 0 Å². The molecule has 1 unspecified atom stereocenters. The molecule has 2 aromatic carbocycles. The summed E-state index contributed by atoms with van der Waals surface area (Å²) in [5, 5.41) is 16.8. The molecule has 11 nitrogen and oxygen atoms in total. The third-order valence-corrected chi connectivity index (χ3v) is 7.58. The molecular formula is C32H37F3N7O4+. The van der Waals surface area contributed by atoms with E-state index in [0.29, 0.717) is 17.7 Å². The van der Waals surface area contributed by atoms with Gasteiger partial charge < -0.3 is 14.5 Å². The van der Waals surface area contributed by atoms with Crippen molar-refractivity contribution in [3.05, 3.63) is 87.0 Å². The molecule has 1 atom stereocenters. The molecule has 0 fully saturated rings. The number of rotatable bonds is 12. The molecule has 3 aromatic rings. The summed E-state index contributed by atoms with van der Waals surface area (Å²) in [7, 11) is 7.46. The number of anilines is 2. The number of hydrogen-bond acceptors (Lipinski definition) is 8. The lowest BCUT2D eigenvalue weighted by molar-refractivity contribution is -0.870. The van der Waals surface area contributed by atoms with Gasteiger partial charge in [0.2, 0.25) is 5.95 Å². The first-order valence-electron chi connectivity index (χ1n) is 14.6. The van der Waals surface area contributed by atoms with Crippen molar-refractivity contribution < 1.29 is 32.0 Å². The summed E-state index contributed by atoms with van der Waals surface area (Å²) in [5.74, 6) is -1.24. The Bertz CT molecular complexity index is 1730. The van der Waals surface area contributed by atoms with Crippen molar-refractivity contribution in [2.24, 2.45) is 0 Å². The number of methoxy groups -OCH3 is 1. The van der Waals surface area contributed by atoms with E-state index in [9.17, 15) is 32.8 Å². The van der Waals surface area contributed by atoms with Crippen LogP contribution in [0.25, 0.3) is 0 Å². The molecule has 244 valence electrons. The number of quaternary nitrogens is 1. The monoisotopic (exact) mass is 640 g/mol. The highest BCUT2D eigenvalue weighted by Crippen LogP contribution is 2.43. The topological polar surface area (TPSA) is 122 Å². The Morgan fingerprint density at radius 1 is 1.11 bits per heavy atom. The number of benzene rings is 2. The number of Topliss-reactive ketones (excluding diaryl/α,β-unsaturated/α-hetero) is 1. The molecule has 1 N–H and O–H groups in total. The van der Waals surface area contributed by atoms with Crippen molar-refractivity contribution in [1.29, 1.82) is 5.26 Å². The highest BCUT2D eigenvalue weighted by molar-refractivity contribution is 5.93. The highest BCUT2D eigenvalue weighted by Gasteiger charge is 2.41. The number of esters is 1. The summed E-state index contributed by atoms with van der Waals surface area (Å²) in [6.45, 7) is 2.68. The van der Waals surface area contributed by atoms with Crippen LogP contribution in [0.4, 0.5) is 24.8 Å². The van der Waals surface area contributed by atoms with Gasteiger partial charge in [-0.15, -0.1) is 5.10 Å². The average Bonchev–Trinajstić information content (AvgIpc) is 3.31. The van der Waals surface area contributed by atoms with Crippen LogP contribution in [0, 0.1) is 11.3 Å². The smallest absolute Gasteiger partial charge is 0.416 e. The Morgan fingerprint density at radius 3 is 2.41 bits per heavy atom. The predicted molar refractivity (Wildman–Crippen MR) is 164 cm³/mol. The van der Waals surface area contributed by atoms with Crippen LogP contribution in [-0.2, 0) is 27.0 Å². The van der Waals surface area contributed by atoms with Gasteiger partial charge in [-0.05, 0) is 62.2 Å². The molecule has 0 saturated carbocycles. The lowest BCUT2D eigenvalue weighted by Gasteiger charge is -2.35. The minimum absolute atomic E-state index is 0.00715. The number of hydrogen-bond donors (Lipinski definition) is 1. The summed E-state index contributed by atoms with van der Waals surface area (Å²) in [6, 6.07) is 11.5. The SMILES string of the molecule is COC(=O)C1=C(C)N(c2cccc(C(F)(F)F)c2)c2nn(CC(=O)CNCCCC[N+](C)(C)C)c(=O)n2C1c1ccc(C#N)cc1. The Morgan fingerprint density at radius 2 is 1.80 bits per heavy atom. The van der Waals surface area contributed by atoms with Gasteiger partial charge in [-0.3, -0.25) is 9.69 Å². The normalized spacial score (nSPS) is 15.0. The molecule has 0 saturated heterocycles. The number of ether oxygens (including phenoxy) is 1. The number of unbranched alkanes of at least 4 members (excludes halogenated alkanes) is 1. The van der Waals surface area contributed by atoms with E-state index in [2.05, 4.69) is 31.6 Å². The summed E-state index contributed by atoms with van der Waals surface area (Å²) >= 11 is 0. The molecular weight excluding hydrogens is 603 g/mol. The van der Waals surface area contributed by atoms with Gasteiger partial charge in [0.15, 0.2) is 5.78 Å². The number of nitrogens with one attached hydrogen (secondary N) is 1. The summed E-state index contributed by atoms with van der Waals surface area (Å²) in [4.78, 5) is 41.5. The predicted octanol–water partition coefficient (Wildman–Crippen LogP) is 3.77. The quantitative estimate of drug-likeness (QED) is 0.181. The van der Waals surface area contributed by atoms with Crippen molar-refractivity contribution in [3.63, 3.8) is 0 Å². The fraction of sp³-hybridized carbons (Fsp3) is 0.406. The lowest BCUT2D eigenvalue weighted by Crippen LogP contribution is -2.39. The number of ketones is 1. The second-order valence-corrected chi connectivity index (χ2v) is 12.1. The highest BCUT2D eigenvalue weighted by atomic mass is 19.4. The van der Waals surface area contributed by atoms with E-state index in [4.69, 9.17) is 4.74 Å². The van der Waals surface area contributed by atoms with Crippen LogP contribution >= 0.6 is 0 Å². The van der Waals surface area contributed by atoms with Crippen molar-refractivity contribution in [1.82, 2.24) is 19.7 Å². The molecule has 14 heteroatoms. The third-order valence-electron chi connectivity index (χ3n) is 7.58. The number of allylic oxidation sites excluding steroid dienone is 1. The van der Waals surface area contributed by atoms with Crippen molar-refractivity contribution in [3.8, 4) is 6.07 Å². The summed E-state index contributed by atoms with van der Waals surface area (Å²) in [6.07, 6.45) is -2.83. The lowest BCUT2D eigenvalue weighted by atomic mass is 9.93. The molecule has 0 amide bonds. The third kappa shape index (κ3) is 7.55. The van der Waals surface area contributed by atoms with Gasteiger partial charge in [-0.25, -0.2) is 18.8 Å². The van der Waals surface area contributed by atoms with Gasteiger partial charge in [0, 0.05) is 11.4 Å². The molecule has 0 radical (unpaired) electrons. The second kappa shape index (κ2) is 13.7. The van der Waals surface area contributed by atoms with Crippen LogP contribution < -0.4 is 15.9 Å². The zero-order valence-electron chi connectivity index (χ0n) is 26.4. The van der Waals surface area contributed by atoms with E-state index in [1.165, 1.54) is 36.1 Å². The Kier molecular flexibility index (Phi) is 10.2. The summed E-state index contributed by atoms with van der Waals surface area (Å²) in [5.41, 5.74) is -0.800. The first kappa shape index (κ1) is 34.1. The average molecular weight is 641 g/mol. The van der Waals surface area contributed by atoms with Crippen molar-refractivity contribution >= 4 is 23.4 Å². The molecule has 0 spiro atoms. The molecule has 46 heavy (non-hydrogen) atoms. The minimum atomic E-state index is -4.66. The van der Waals surface area contributed by atoms with Crippen LogP contribution in [0.15, 0.2) is 64.6 Å². The van der Waals surface area contributed by atoms with E-state index < -0.39 is 36.0 Å². The number of nitriles is 1. The van der Waals surface area contributed by atoms with Crippen LogP contribution in [0.3, 0.4) is 0 Å². The summed E-state index contributed by atoms with van der Waals surface area (Å²) < 4.78 is 49.2. The Labute approximate surface area is 264 Å². The minimum Gasteiger partial charge on any atom is -0.466 e. The molecule has 1 aliphatic rings. The fourth-order valence-electron chi connectivity index (χ4n) is 5.33. The van der Waals surface area contributed by atoms with Crippen LogP contribution in [-0.4, -0.2) is 78.5 Å². The van der Waals surface area contributed by atoms with Crippen molar-refractivity contribution in [2.45, 2.75) is 38.5 Å². The van der Waals surface area contributed by atoms with Crippen molar-refractivity contribution in [2.75, 3.05) is 52.8 Å². The first-order chi connectivity index (χ1) is 21.7. The largest absolute Gasteiger partial charge is 0.466 e. The number of carbonyl (C=O) groups excluding carboxylic acids is 2. The van der Waals surface area contributed by atoms with Gasteiger partial charge in [0.1, 0.15) is 12.6 Å². The number of halogens is 3. The van der Waals surface area contributed by atoms with Gasteiger partial charge in [-0.1, -0.05) is 18.2 Å². The molecule has 0 bridgehead atoms. The van der Waals surface area contributed by atoms with E-state index in [-0.39, 0.29) is 35.2 Å². The van der Waals surface area contributed by atoms with E-state index in [0.717, 1.165) is 52.4 Å². The number of carbonyl (C=O) groups is 2. The molecule has 1 aromatic heterocycles. The maximum absolute atomic E-state index is 14.0. The number of aromatic nitrogens is 3. The first-order valence-corrected chi connectivity index (χ1v) is 14.6. The number of alkyl halides is 3. The molecule has 0 aliphatic carbocycles. The van der Waals surface area contributed by atoms with Crippen LogP contribution in [0.1, 0.15) is 42.5 Å². The van der Waals surface area contributed by atoms with Crippen LogP contribution in [0.2, 0.25) is 0 Å². The number of nitrogens with zero attached hydrogens (tertiary/aromatic N) is 6. The molecule has 4 rings (SSSR count). The van der Waals surface area contributed by atoms with Gasteiger partial charge in [0.05, 0.1) is 64.1 Å². The molecule has 2 heterocycles. The zero-order chi connectivity index (χ0) is 33.8. The maximum Gasteiger partial charge on any atom is 0.416 e. The van der Waals surface area contributed by atoms with Gasteiger partial charge in [-0.2, -0.15) is 18.4 Å². The van der Waals surface area contributed by atoms with Crippen LogP contribution in [0.5, 0.6) is 0 Å². The van der Waals surface area contributed by atoms with E-state index in [1.54, 1.807) is 12.1 Å². The second-order valence-electron chi connectivity index (χ2n) is 12.1. The Balaban J connectivity index is 1.77. The van der Waals surface area contributed by atoms with E-state index >= 15 is 0 Å². The molecule has 1 aliphatic heterocycles. The number of fused-ring (bicyclic) bond motifs is 1. The zero-order valence-corrected chi connectivity index (χ0v) is 26.4. The Hall–Kier alpha value is -4.74. The van der Waals surface area contributed by atoms with E-state index in [1.807, 2.05) is 6.07 Å². The maximum atomic E-state index is 14.0. The fourth-order valence-corrected chi connectivity index (χ4v) is 5.33.